The number of nitrogens with zero attached hydrogens (tertiary/aromatic N) is 2. The molecule has 1 aromatic rings. The highest BCUT2D eigenvalue weighted by Gasteiger charge is 2.22. The zero-order valence-electron chi connectivity index (χ0n) is 9.77. The number of carbonyl (C=O) groups is 1. The summed E-state index contributed by atoms with van der Waals surface area (Å²) in [6.07, 6.45) is 2.23. The third-order valence-electron chi connectivity index (χ3n) is 2.92. The highest BCUT2D eigenvalue weighted by atomic mass is 32.1. The number of primary amides is 1. The summed E-state index contributed by atoms with van der Waals surface area (Å²) >= 11 is 1.19. The smallest absolute Gasteiger partial charge is 0.255 e. The van der Waals surface area contributed by atoms with E-state index in [1.807, 2.05) is 0 Å². The fraction of sp³-hybridized carbons (Fsp3) is 0.600. The minimum absolute atomic E-state index is 0.217. The van der Waals surface area contributed by atoms with E-state index < -0.39 is 5.91 Å². The molecule has 1 atom stereocenters. The molecule has 2 rings (SSSR count). The average Bonchev–Trinajstić information content (AvgIpc) is 2.59. The first-order chi connectivity index (χ1) is 8.08. The van der Waals surface area contributed by atoms with Crippen LogP contribution in [0.15, 0.2) is 0 Å². The highest BCUT2D eigenvalue weighted by Crippen LogP contribution is 2.28. The number of hydrogen-bond donors (Lipinski definition) is 3. The zero-order chi connectivity index (χ0) is 12.4. The summed E-state index contributed by atoms with van der Waals surface area (Å²) in [6.45, 7) is 2.07. The largest absolute Gasteiger partial charge is 0.382 e. The van der Waals surface area contributed by atoms with Crippen molar-refractivity contribution in [1.82, 2.24) is 9.27 Å². The maximum absolute atomic E-state index is 11.3. The van der Waals surface area contributed by atoms with Gasteiger partial charge in [0, 0.05) is 12.6 Å². The van der Waals surface area contributed by atoms with Gasteiger partial charge in [0.05, 0.1) is 0 Å². The van der Waals surface area contributed by atoms with E-state index in [0.717, 1.165) is 25.9 Å². The molecule has 0 bridgehead atoms. The summed E-state index contributed by atoms with van der Waals surface area (Å²) in [5, 5.41) is 4.01. The van der Waals surface area contributed by atoms with Gasteiger partial charge in [-0.3, -0.25) is 4.79 Å². The Kier molecular flexibility index (Phi) is 3.49. The average molecular weight is 255 g/mol. The molecule has 1 fully saturated rings. The molecule has 1 aromatic heterocycles. The molecule has 5 N–H and O–H groups in total. The number of nitrogens with two attached hydrogens (primary N) is 2. The van der Waals surface area contributed by atoms with E-state index >= 15 is 0 Å². The third kappa shape index (κ3) is 2.67. The van der Waals surface area contributed by atoms with Crippen molar-refractivity contribution in [3.05, 3.63) is 5.56 Å². The Morgan fingerprint density at radius 1 is 1.65 bits per heavy atom. The second-order valence-corrected chi connectivity index (χ2v) is 5.16. The van der Waals surface area contributed by atoms with E-state index in [1.54, 1.807) is 0 Å². The van der Waals surface area contributed by atoms with Crippen LogP contribution in [0.1, 0.15) is 23.2 Å². The second-order valence-electron chi connectivity index (χ2n) is 4.38. The lowest BCUT2D eigenvalue weighted by molar-refractivity contribution is 0.100. The van der Waals surface area contributed by atoms with Crippen LogP contribution in [0.4, 0.5) is 10.8 Å². The molecule has 1 aliphatic heterocycles. The second kappa shape index (κ2) is 4.89. The Hall–Kier alpha value is -1.34. The molecule has 1 amide bonds. The van der Waals surface area contributed by atoms with Crippen LogP contribution >= 0.6 is 11.5 Å². The molecule has 0 saturated carbocycles. The van der Waals surface area contributed by atoms with Gasteiger partial charge in [-0.05, 0) is 38.0 Å². The van der Waals surface area contributed by atoms with Crippen LogP contribution in [0.3, 0.4) is 0 Å². The van der Waals surface area contributed by atoms with Crippen molar-refractivity contribution >= 4 is 28.3 Å². The summed E-state index contributed by atoms with van der Waals surface area (Å²) in [7, 11) is 2.09. The van der Waals surface area contributed by atoms with Crippen molar-refractivity contribution in [3.8, 4) is 0 Å². The van der Waals surface area contributed by atoms with E-state index in [9.17, 15) is 4.79 Å². The van der Waals surface area contributed by atoms with E-state index in [4.69, 9.17) is 11.5 Å². The molecular formula is C10H17N5OS. The fourth-order valence-electron chi connectivity index (χ4n) is 2.11. The van der Waals surface area contributed by atoms with Crippen LogP contribution in [-0.4, -0.2) is 41.4 Å². The molecule has 6 nitrogen and oxygen atoms in total. The maximum atomic E-state index is 11.3. The minimum atomic E-state index is -0.525. The van der Waals surface area contributed by atoms with E-state index in [-0.39, 0.29) is 5.82 Å². The molecular weight excluding hydrogens is 238 g/mol. The van der Waals surface area contributed by atoms with Gasteiger partial charge in [0.2, 0.25) is 0 Å². The lowest BCUT2D eigenvalue weighted by Gasteiger charge is -2.30. The molecule has 94 valence electrons. The molecule has 1 unspecified atom stereocenters. The van der Waals surface area contributed by atoms with E-state index in [1.165, 1.54) is 11.5 Å². The van der Waals surface area contributed by atoms with Gasteiger partial charge in [-0.25, -0.2) is 0 Å². The Bertz CT molecular complexity index is 419. The highest BCUT2D eigenvalue weighted by molar-refractivity contribution is 7.11. The van der Waals surface area contributed by atoms with Gasteiger partial charge in [-0.2, -0.15) is 4.37 Å². The van der Waals surface area contributed by atoms with E-state index in [0.29, 0.717) is 16.6 Å². The van der Waals surface area contributed by atoms with Crippen molar-refractivity contribution in [1.29, 1.82) is 0 Å². The lowest BCUT2D eigenvalue weighted by atomic mass is 10.1. The molecule has 1 saturated heterocycles. The number of likely N-dealkylation sites (tertiary alicyclic amines) is 1. The number of piperidine rings is 1. The zero-order valence-corrected chi connectivity index (χ0v) is 10.6. The van der Waals surface area contributed by atoms with Crippen molar-refractivity contribution in [2.45, 2.75) is 18.9 Å². The quantitative estimate of drug-likeness (QED) is 0.723. The van der Waals surface area contributed by atoms with Crippen molar-refractivity contribution in [2.75, 3.05) is 31.2 Å². The SMILES string of the molecule is CN1CCCC(Nc2snc(N)c2C(N)=O)C1. The normalized spacial score (nSPS) is 21.4. The number of anilines is 2. The molecule has 0 radical (unpaired) electrons. The van der Waals surface area contributed by atoms with Crippen LogP contribution < -0.4 is 16.8 Å². The van der Waals surface area contributed by atoms with Crippen LogP contribution in [0.25, 0.3) is 0 Å². The number of nitrogens with one attached hydrogen (secondary N) is 1. The van der Waals surface area contributed by atoms with Crippen molar-refractivity contribution in [2.24, 2.45) is 5.73 Å². The van der Waals surface area contributed by atoms with Crippen molar-refractivity contribution < 1.29 is 4.79 Å². The van der Waals surface area contributed by atoms with Crippen LogP contribution in [-0.2, 0) is 0 Å². The van der Waals surface area contributed by atoms with E-state index in [2.05, 4.69) is 21.6 Å². The number of carbonyl (C=O) groups excluding carboxylic acids is 1. The molecule has 17 heavy (non-hydrogen) atoms. The van der Waals surface area contributed by atoms with Gasteiger partial charge in [-0.15, -0.1) is 0 Å². The Labute approximate surface area is 104 Å². The van der Waals surface area contributed by atoms with Gasteiger partial charge >= 0.3 is 0 Å². The number of hydrogen-bond acceptors (Lipinski definition) is 6. The Balaban J connectivity index is 2.10. The topological polar surface area (TPSA) is 97.3 Å². The predicted molar refractivity (Wildman–Crippen MR) is 69.2 cm³/mol. The maximum Gasteiger partial charge on any atom is 0.255 e. The van der Waals surface area contributed by atoms with Gasteiger partial charge in [0.25, 0.3) is 5.91 Å². The number of aromatic nitrogens is 1. The standard InChI is InChI=1S/C10H17N5OS/c1-15-4-2-3-6(5-15)13-10-7(9(12)16)8(11)14-17-10/h6,13H,2-5H2,1H3,(H2,11,14)(H2,12,16). The van der Waals surface area contributed by atoms with Crippen molar-refractivity contribution in [3.63, 3.8) is 0 Å². The monoisotopic (exact) mass is 255 g/mol. The first kappa shape index (κ1) is 12.1. The Morgan fingerprint density at radius 3 is 3.06 bits per heavy atom. The molecule has 0 aliphatic carbocycles. The third-order valence-corrected chi connectivity index (χ3v) is 3.72. The van der Waals surface area contributed by atoms with Gasteiger partial charge in [0.1, 0.15) is 10.6 Å². The van der Waals surface area contributed by atoms with Gasteiger partial charge < -0.3 is 21.7 Å². The number of amides is 1. The fourth-order valence-corrected chi connectivity index (χ4v) is 2.91. The minimum Gasteiger partial charge on any atom is -0.382 e. The molecule has 0 spiro atoms. The first-order valence-electron chi connectivity index (χ1n) is 5.58. The number of nitrogen functional groups attached to an aromatic ring is 1. The molecule has 1 aliphatic rings. The van der Waals surface area contributed by atoms with Crippen LogP contribution in [0.5, 0.6) is 0 Å². The molecule has 0 aromatic carbocycles. The van der Waals surface area contributed by atoms with Crippen LogP contribution in [0, 0.1) is 0 Å². The summed E-state index contributed by atoms with van der Waals surface area (Å²) in [5.41, 5.74) is 11.2. The Morgan fingerprint density at radius 2 is 2.41 bits per heavy atom. The summed E-state index contributed by atoms with van der Waals surface area (Å²) in [5.74, 6) is -0.308. The van der Waals surface area contributed by atoms with Crippen LogP contribution in [0.2, 0.25) is 0 Å². The molecule has 7 heteroatoms. The first-order valence-corrected chi connectivity index (χ1v) is 6.35. The summed E-state index contributed by atoms with van der Waals surface area (Å²) < 4.78 is 3.96. The van der Waals surface area contributed by atoms with Gasteiger partial charge in [0.15, 0.2) is 5.82 Å². The lowest BCUT2D eigenvalue weighted by Crippen LogP contribution is -2.39. The number of rotatable bonds is 3. The number of likely N-dealkylation sites (N-methyl/N-ethyl adjacent to an activating group) is 1. The molecule has 2 heterocycles. The predicted octanol–water partition coefficient (Wildman–Crippen LogP) is 0.330. The van der Waals surface area contributed by atoms with Gasteiger partial charge in [-0.1, -0.05) is 0 Å². The summed E-state index contributed by atoms with van der Waals surface area (Å²) in [4.78, 5) is 13.5. The summed E-state index contributed by atoms with van der Waals surface area (Å²) in [6, 6.07) is 0.326.